The summed E-state index contributed by atoms with van der Waals surface area (Å²) in [4.78, 5) is 11.4. The number of halogens is 1. The van der Waals surface area contributed by atoms with Crippen molar-refractivity contribution in [3.63, 3.8) is 0 Å². The van der Waals surface area contributed by atoms with Crippen LogP contribution in [0.4, 0.5) is 0 Å². The summed E-state index contributed by atoms with van der Waals surface area (Å²) in [6.07, 6.45) is 0. The summed E-state index contributed by atoms with van der Waals surface area (Å²) in [6, 6.07) is 8.14. The van der Waals surface area contributed by atoms with Gasteiger partial charge in [0.25, 0.3) is 0 Å². The number of aryl methyl sites for hydroxylation is 1. The van der Waals surface area contributed by atoms with E-state index in [4.69, 9.17) is 5.73 Å². The van der Waals surface area contributed by atoms with E-state index in [2.05, 4.69) is 38.2 Å². The first kappa shape index (κ1) is 15.9. The fraction of sp³-hybridized carbons (Fsp3) is 0.462. The number of carbonyl (C=O) groups excluding carboxylic acids is 1. The lowest BCUT2D eigenvalue weighted by Crippen LogP contribution is -2.36. The summed E-state index contributed by atoms with van der Waals surface area (Å²) >= 11 is 0. The van der Waals surface area contributed by atoms with Gasteiger partial charge in [-0.15, -0.1) is 12.4 Å². The van der Waals surface area contributed by atoms with Crippen LogP contribution >= 0.6 is 12.4 Å². The zero-order valence-corrected chi connectivity index (χ0v) is 11.4. The number of amides is 1. The molecule has 0 radical (unpaired) electrons. The lowest BCUT2D eigenvalue weighted by atomic mass is 9.92. The van der Waals surface area contributed by atoms with Crippen molar-refractivity contribution in [2.45, 2.75) is 26.8 Å². The summed E-state index contributed by atoms with van der Waals surface area (Å²) < 4.78 is 0. The van der Waals surface area contributed by atoms with Crippen molar-refractivity contribution in [1.29, 1.82) is 0 Å². The van der Waals surface area contributed by atoms with Gasteiger partial charge in [0.1, 0.15) is 0 Å². The normalized spacial score (nSPS) is 11.8. The van der Waals surface area contributed by atoms with Gasteiger partial charge in [-0.25, -0.2) is 0 Å². The number of hydrogen-bond donors (Lipinski definition) is 2. The molecule has 1 atom stereocenters. The Morgan fingerprint density at radius 3 is 2.41 bits per heavy atom. The molecule has 0 saturated heterocycles. The second-order valence-corrected chi connectivity index (χ2v) is 4.35. The lowest BCUT2D eigenvalue weighted by Gasteiger charge is -2.24. The SMILES string of the molecule is Cc1ccccc1C(NC(=O)CN)C(C)C.Cl. The van der Waals surface area contributed by atoms with Gasteiger partial charge in [0.2, 0.25) is 5.91 Å². The van der Waals surface area contributed by atoms with E-state index in [9.17, 15) is 4.79 Å². The zero-order chi connectivity index (χ0) is 12.1. The molecule has 0 aliphatic rings. The first-order valence-corrected chi connectivity index (χ1v) is 5.61. The van der Waals surface area contributed by atoms with Crippen LogP contribution in [0.2, 0.25) is 0 Å². The maximum Gasteiger partial charge on any atom is 0.234 e. The van der Waals surface area contributed by atoms with Crippen LogP contribution in [0.25, 0.3) is 0 Å². The second kappa shape index (κ2) is 7.30. The van der Waals surface area contributed by atoms with Crippen molar-refractivity contribution in [3.8, 4) is 0 Å². The molecule has 1 aromatic carbocycles. The number of nitrogens with two attached hydrogens (primary N) is 1. The number of rotatable bonds is 4. The fourth-order valence-electron chi connectivity index (χ4n) is 1.77. The van der Waals surface area contributed by atoms with E-state index in [1.165, 1.54) is 11.1 Å². The van der Waals surface area contributed by atoms with E-state index in [1.54, 1.807) is 0 Å². The maximum atomic E-state index is 11.4. The summed E-state index contributed by atoms with van der Waals surface area (Å²) in [5, 5.41) is 2.96. The number of nitrogens with one attached hydrogen (secondary N) is 1. The molecule has 0 spiro atoms. The molecule has 0 saturated carbocycles. The zero-order valence-electron chi connectivity index (χ0n) is 10.6. The van der Waals surface area contributed by atoms with Crippen LogP contribution in [0.1, 0.15) is 31.0 Å². The largest absolute Gasteiger partial charge is 0.348 e. The van der Waals surface area contributed by atoms with Gasteiger partial charge in [0.15, 0.2) is 0 Å². The third-order valence-electron chi connectivity index (χ3n) is 2.69. The molecule has 1 unspecified atom stereocenters. The predicted molar refractivity (Wildman–Crippen MR) is 73.2 cm³/mol. The highest BCUT2D eigenvalue weighted by Crippen LogP contribution is 2.24. The Labute approximate surface area is 109 Å². The molecular weight excluding hydrogens is 236 g/mol. The van der Waals surface area contributed by atoms with Crippen LogP contribution in [-0.2, 0) is 4.79 Å². The molecule has 0 aliphatic carbocycles. The van der Waals surface area contributed by atoms with Gasteiger partial charge >= 0.3 is 0 Å². The average molecular weight is 257 g/mol. The summed E-state index contributed by atoms with van der Waals surface area (Å²) in [5.41, 5.74) is 7.68. The van der Waals surface area contributed by atoms with Gasteiger partial charge in [0, 0.05) is 0 Å². The molecule has 0 aliphatic heterocycles. The minimum absolute atomic E-state index is 0. The van der Waals surface area contributed by atoms with Crippen LogP contribution < -0.4 is 11.1 Å². The Bertz CT molecular complexity index is 366. The molecule has 17 heavy (non-hydrogen) atoms. The third kappa shape index (κ3) is 4.36. The van der Waals surface area contributed by atoms with Crippen molar-refractivity contribution in [2.24, 2.45) is 11.7 Å². The smallest absolute Gasteiger partial charge is 0.234 e. The van der Waals surface area contributed by atoms with Gasteiger partial charge in [0.05, 0.1) is 12.6 Å². The Hall–Kier alpha value is -1.06. The highest BCUT2D eigenvalue weighted by Gasteiger charge is 2.18. The maximum absolute atomic E-state index is 11.4. The second-order valence-electron chi connectivity index (χ2n) is 4.35. The van der Waals surface area contributed by atoms with Crippen molar-refractivity contribution in [3.05, 3.63) is 35.4 Å². The predicted octanol–water partition coefficient (Wildman–Crippen LogP) is 2.19. The van der Waals surface area contributed by atoms with Gasteiger partial charge < -0.3 is 11.1 Å². The molecule has 0 heterocycles. The van der Waals surface area contributed by atoms with E-state index in [1.807, 2.05) is 12.1 Å². The number of benzene rings is 1. The Balaban J connectivity index is 0.00000256. The molecule has 96 valence electrons. The van der Waals surface area contributed by atoms with Crippen LogP contribution in [0, 0.1) is 12.8 Å². The van der Waals surface area contributed by atoms with Gasteiger partial charge in [-0.2, -0.15) is 0 Å². The first-order valence-electron chi connectivity index (χ1n) is 5.61. The summed E-state index contributed by atoms with van der Waals surface area (Å²) in [6.45, 7) is 6.27. The highest BCUT2D eigenvalue weighted by molar-refractivity contribution is 5.85. The minimum atomic E-state index is -0.109. The highest BCUT2D eigenvalue weighted by atomic mass is 35.5. The van der Waals surface area contributed by atoms with Crippen molar-refractivity contribution < 1.29 is 4.79 Å². The van der Waals surface area contributed by atoms with E-state index in [0.717, 1.165) is 0 Å². The van der Waals surface area contributed by atoms with Crippen LogP contribution in [-0.4, -0.2) is 12.5 Å². The Morgan fingerprint density at radius 2 is 1.94 bits per heavy atom. The first-order chi connectivity index (χ1) is 7.56. The molecule has 0 fully saturated rings. The lowest BCUT2D eigenvalue weighted by molar-refractivity contribution is -0.120. The standard InChI is InChI=1S/C13H20N2O.ClH/c1-9(2)13(15-12(16)8-14)11-7-5-4-6-10(11)3;/h4-7,9,13H,8,14H2,1-3H3,(H,15,16);1H. The Morgan fingerprint density at radius 1 is 1.35 bits per heavy atom. The van der Waals surface area contributed by atoms with E-state index in [-0.39, 0.29) is 30.9 Å². The molecule has 3 nitrogen and oxygen atoms in total. The van der Waals surface area contributed by atoms with E-state index in [0.29, 0.717) is 5.92 Å². The molecule has 1 aromatic rings. The minimum Gasteiger partial charge on any atom is -0.348 e. The van der Waals surface area contributed by atoms with Gasteiger partial charge in [-0.1, -0.05) is 38.1 Å². The topological polar surface area (TPSA) is 55.1 Å². The van der Waals surface area contributed by atoms with E-state index >= 15 is 0 Å². The number of hydrogen-bond acceptors (Lipinski definition) is 2. The van der Waals surface area contributed by atoms with Crippen LogP contribution in [0.15, 0.2) is 24.3 Å². The van der Waals surface area contributed by atoms with Crippen molar-refractivity contribution in [1.82, 2.24) is 5.32 Å². The molecular formula is C13H21ClN2O. The number of carbonyl (C=O) groups is 1. The molecule has 0 aromatic heterocycles. The Kier molecular flexibility index (Phi) is 6.85. The van der Waals surface area contributed by atoms with Gasteiger partial charge in [-0.05, 0) is 24.0 Å². The summed E-state index contributed by atoms with van der Waals surface area (Å²) in [7, 11) is 0. The van der Waals surface area contributed by atoms with Crippen LogP contribution in [0.3, 0.4) is 0 Å². The van der Waals surface area contributed by atoms with E-state index < -0.39 is 0 Å². The van der Waals surface area contributed by atoms with Crippen molar-refractivity contribution in [2.75, 3.05) is 6.54 Å². The quantitative estimate of drug-likeness (QED) is 0.868. The average Bonchev–Trinajstić information content (AvgIpc) is 2.26. The molecule has 1 amide bonds. The summed E-state index contributed by atoms with van der Waals surface area (Å²) in [5.74, 6) is 0.235. The van der Waals surface area contributed by atoms with Gasteiger partial charge in [-0.3, -0.25) is 4.79 Å². The molecule has 3 N–H and O–H groups in total. The fourth-order valence-corrected chi connectivity index (χ4v) is 1.77. The molecule has 4 heteroatoms. The van der Waals surface area contributed by atoms with Crippen molar-refractivity contribution >= 4 is 18.3 Å². The molecule has 1 rings (SSSR count). The molecule has 0 bridgehead atoms. The van der Waals surface area contributed by atoms with Crippen LogP contribution in [0.5, 0.6) is 0 Å². The third-order valence-corrected chi connectivity index (χ3v) is 2.69. The monoisotopic (exact) mass is 256 g/mol.